The van der Waals surface area contributed by atoms with Crippen LogP contribution in [0.1, 0.15) is 16.1 Å². The molecule has 0 unspecified atom stereocenters. The van der Waals surface area contributed by atoms with E-state index in [1.54, 1.807) is 31.2 Å². The van der Waals surface area contributed by atoms with E-state index in [2.05, 4.69) is 5.32 Å². The molecule has 3 nitrogen and oxygen atoms in total. The monoisotopic (exact) mass is 353 g/mol. The van der Waals surface area contributed by atoms with Gasteiger partial charge < -0.3 is 9.73 Å². The van der Waals surface area contributed by atoms with E-state index in [1.165, 1.54) is 0 Å². The van der Waals surface area contributed by atoms with E-state index in [1.807, 2.05) is 12.1 Å². The van der Waals surface area contributed by atoms with Crippen molar-refractivity contribution in [2.45, 2.75) is 6.92 Å². The fourth-order valence-electron chi connectivity index (χ4n) is 2.20. The van der Waals surface area contributed by atoms with Crippen molar-refractivity contribution < 1.29 is 9.21 Å². The Morgan fingerprint density at radius 3 is 2.55 bits per heavy atom. The number of rotatable bonds is 2. The Kier molecular flexibility index (Phi) is 4.04. The Balaban J connectivity index is 1.99. The van der Waals surface area contributed by atoms with Crippen LogP contribution in [0.2, 0.25) is 15.1 Å². The van der Waals surface area contributed by atoms with Gasteiger partial charge in [-0.2, -0.15) is 0 Å². The third-order valence-electron chi connectivity index (χ3n) is 3.30. The average molecular weight is 355 g/mol. The van der Waals surface area contributed by atoms with Crippen LogP contribution in [0.15, 0.2) is 40.8 Å². The second kappa shape index (κ2) is 5.84. The van der Waals surface area contributed by atoms with Gasteiger partial charge in [-0.1, -0.05) is 46.9 Å². The van der Waals surface area contributed by atoms with Crippen molar-refractivity contribution in [3.63, 3.8) is 0 Å². The number of benzene rings is 2. The normalized spacial score (nSPS) is 10.9. The first-order chi connectivity index (χ1) is 10.5. The topological polar surface area (TPSA) is 42.2 Å². The highest BCUT2D eigenvalue weighted by atomic mass is 35.5. The van der Waals surface area contributed by atoms with Crippen LogP contribution in [0.3, 0.4) is 0 Å². The van der Waals surface area contributed by atoms with Crippen LogP contribution in [-0.4, -0.2) is 5.91 Å². The van der Waals surface area contributed by atoms with Gasteiger partial charge in [-0.25, -0.2) is 0 Å². The fourth-order valence-corrected chi connectivity index (χ4v) is 2.86. The molecule has 0 radical (unpaired) electrons. The van der Waals surface area contributed by atoms with Gasteiger partial charge in [0.15, 0.2) is 11.3 Å². The lowest BCUT2D eigenvalue weighted by atomic mass is 10.1. The van der Waals surface area contributed by atoms with Crippen LogP contribution < -0.4 is 5.32 Å². The molecule has 1 N–H and O–H groups in total. The zero-order valence-corrected chi connectivity index (χ0v) is 13.7. The fraction of sp³-hybridized carbons (Fsp3) is 0.0625. The maximum Gasteiger partial charge on any atom is 0.291 e. The van der Waals surface area contributed by atoms with Crippen molar-refractivity contribution in [2.75, 3.05) is 5.32 Å². The van der Waals surface area contributed by atoms with Crippen molar-refractivity contribution in [3.8, 4) is 0 Å². The van der Waals surface area contributed by atoms with Gasteiger partial charge in [-0.15, -0.1) is 0 Å². The molecule has 22 heavy (non-hydrogen) atoms. The van der Waals surface area contributed by atoms with Crippen molar-refractivity contribution in [1.29, 1.82) is 0 Å². The minimum atomic E-state index is -0.394. The minimum Gasteiger partial charge on any atom is -0.449 e. The zero-order chi connectivity index (χ0) is 15.9. The molecule has 0 bridgehead atoms. The molecule has 0 aliphatic heterocycles. The van der Waals surface area contributed by atoms with Crippen molar-refractivity contribution >= 4 is 57.4 Å². The van der Waals surface area contributed by atoms with Gasteiger partial charge in [0.2, 0.25) is 0 Å². The van der Waals surface area contributed by atoms with Crippen LogP contribution in [0.25, 0.3) is 11.0 Å². The second-order valence-electron chi connectivity index (χ2n) is 4.75. The molecule has 0 fully saturated rings. The summed E-state index contributed by atoms with van der Waals surface area (Å²) in [4.78, 5) is 12.4. The number of halogens is 3. The smallest absolute Gasteiger partial charge is 0.291 e. The van der Waals surface area contributed by atoms with Crippen LogP contribution in [-0.2, 0) is 0 Å². The van der Waals surface area contributed by atoms with E-state index in [0.717, 1.165) is 10.9 Å². The van der Waals surface area contributed by atoms with Crippen LogP contribution >= 0.6 is 34.8 Å². The van der Waals surface area contributed by atoms with Gasteiger partial charge >= 0.3 is 0 Å². The van der Waals surface area contributed by atoms with E-state index in [9.17, 15) is 4.79 Å². The number of carbonyl (C=O) groups excluding carboxylic acids is 1. The third-order valence-corrected chi connectivity index (χ3v) is 4.15. The van der Waals surface area contributed by atoms with Crippen LogP contribution in [0.4, 0.5) is 5.69 Å². The van der Waals surface area contributed by atoms with Crippen molar-refractivity contribution in [1.82, 2.24) is 0 Å². The Hall–Kier alpha value is -1.68. The number of hydrogen-bond acceptors (Lipinski definition) is 2. The Morgan fingerprint density at radius 2 is 1.86 bits per heavy atom. The molecule has 0 spiro atoms. The maximum atomic E-state index is 12.4. The second-order valence-corrected chi connectivity index (χ2v) is 6.00. The molecule has 0 aliphatic rings. The number of furan rings is 1. The van der Waals surface area contributed by atoms with Gasteiger partial charge in [-0.05, 0) is 31.2 Å². The lowest BCUT2D eigenvalue weighted by Crippen LogP contribution is -2.12. The van der Waals surface area contributed by atoms with Gasteiger partial charge in [0.25, 0.3) is 5.91 Å². The largest absolute Gasteiger partial charge is 0.449 e. The number of aryl methyl sites for hydroxylation is 1. The molecule has 1 aromatic heterocycles. The molecule has 2 aromatic carbocycles. The summed E-state index contributed by atoms with van der Waals surface area (Å²) in [5, 5.41) is 4.83. The van der Waals surface area contributed by atoms with Gasteiger partial charge in [0.05, 0.1) is 15.7 Å². The van der Waals surface area contributed by atoms with Crippen LogP contribution in [0, 0.1) is 6.92 Å². The van der Waals surface area contributed by atoms with E-state index in [-0.39, 0.29) is 5.76 Å². The number of anilines is 1. The molecule has 0 saturated carbocycles. The SMILES string of the molecule is Cc1c(C(=O)Nc2ccc(Cl)cc2Cl)oc2c(Cl)cccc12. The Morgan fingerprint density at radius 1 is 1.09 bits per heavy atom. The van der Waals surface area contributed by atoms with Crippen molar-refractivity contribution in [3.05, 3.63) is 62.8 Å². The highest BCUT2D eigenvalue weighted by molar-refractivity contribution is 6.37. The number of hydrogen-bond donors (Lipinski definition) is 1. The molecule has 1 heterocycles. The Labute approximate surface area is 141 Å². The predicted molar refractivity (Wildman–Crippen MR) is 90.4 cm³/mol. The highest BCUT2D eigenvalue weighted by Gasteiger charge is 2.19. The first kappa shape index (κ1) is 15.2. The summed E-state index contributed by atoms with van der Waals surface area (Å²) in [6.45, 7) is 1.81. The highest BCUT2D eigenvalue weighted by Crippen LogP contribution is 2.32. The molecule has 0 saturated heterocycles. The molecule has 6 heteroatoms. The standard InChI is InChI=1S/C16H10Cl3NO2/c1-8-10-3-2-4-11(18)15(10)22-14(8)16(21)20-13-6-5-9(17)7-12(13)19/h2-7H,1H3,(H,20,21). The van der Waals surface area contributed by atoms with Crippen molar-refractivity contribution in [2.24, 2.45) is 0 Å². The minimum absolute atomic E-state index is 0.203. The van der Waals surface area contributed by atoms with E-state index in [4.69, 9.17) is 39.2 Å². The number of para-hydroxylation sites is 1. The molecule has 3 aromatic rings. The Bertz CT molecular complexity index is 886. The number of carbonyl (C=O) groups is 1. The molecule has 1 amide bonds. The lowest BCUT2D eigenvalue weighted by molar-refractivity contribution is 0.0998. The van der Waals surface area contributed by atoms with E-state index >= 15 is 0 Å². The van der Waals surface area contributed by atoms with Gasteiger partial charge in [0.1, 0.15) is 0 Å². The van der Waals surface area contributed by atoms with E-state index < -0.39 is 5.91 Å². The molecule has 0 aliphatic carbocycles. The molecule has 0 atom stereocenters. The summed E-state index contributed by atoms with van der Waals surface area (Å²) in [7, 11) is 0. The summed E-state index contributed by atoms with van der Waals surface area (Å²) >= 11 is 18.0. The molecular formula is C16H10Cl3NO2. The summed E-state index contributed by atoms with van der Waals surface area (Å²) in [6.07, 6.45) is 0. The average Bonchev–Trinajstić information content (AvgIpc) is 2.81. The summed E-state index contributed by atoms with van der Waals surface area (Å²) in [5.41, 5.74) is 1.68. The lowest BCUT2D eigenvalue weighted by Gasteiger charge is -2.06. The summed E-state index contributed by atoms with van der Waals surface area (Å²) in [5.74, 6) is -0.192. The number of nitrogens with one attached hydrogen (secondary N) is 1. The van der Waals surface area contributed by atoms with Gasteiger partial charge in [0, 0.05) is 16.0 Å². The first-order valence-electron chi connectivity index (χ1n) is 6.41. The van der Waals surface area contributed by atoms with Gasteiger partial charge in [-0.3, -0.25) is 4.79 Å². The number of fused-ring (bicyclic) bond motifs is 1. The number of amides is 1. The zero-order valence-electron chi connectivity index (χ0n) is 11.4. The van der Waals surface area contributed by atoms with Crippen LogP contribution in [0.5, 0.6) is 0 Å². The summed E-state index contributed by atoms with van der Waals surface area (Å²) < 4.78 is 5.61. The maximum absolute atomic E-state index is 12.4. The third kappa shape index (κ3) is 2.68. The molecule has 112 valence electrons. The first-order valence-corrected chi connectivity index (χ1v) is 7.55. The molecular weight excluding hydrogens is 345 g/mol. The molecule has 3 rings (SSSR count). The predicted octanol–water partition coefficient (Wildman–Crippen LogP) is 5.95. The quantitative estimate of drug-likeness (QED) is 0.617. The van der Waals surface area contributed by atoms with E-state index in [0.29, 0.717) is 26.3 Å². The summed E-state index contributed by atoms with van der Waals surface area (Å²) in [6, 6.07) is 10.2.